The number of methoxy groups -OCH3 is 2. The molecule has 0 aromatic heterocycles. The van der Waals surface area contributed by atoms with E-state index in [1.165, 1.54) is 26.4 Å². The van der Waals surface area contributed by atoms with Gasteiger partial charge < -0.3 is 14.4 Å². The van der Waals surface area contributed by atoms with Crippen LogP contribution in [0.25, 0.3) is 0 Å². The number of hydrogen-bond donors (Lipinski definition) is 0. The molecule has 0 aliphatic carbocycles. The second-order valence-corrected chi connectivity index (χ2v) is 8.64. The van der Waals surface area contributed by atoms with Crippen LogP contribution in [0.5, 0.6) is 11.5 Å². The molecule has 0 unspecified atom stereocenters. The van der Waals surface area contributed by atoms with Crippen molar-refractivity contribution in [3.8, 4) is 11.5 Å². The van der Waals surface area contributed by atoms with Gasteiger partial charge in [-0.25, -0.2) is 8.42 Å². The number of hydrogen-bond acceptors (Lipinski definition) is 5. The number of benzene rings is 2. The number of carbonyl (C=O) groups excluding carboxylic acids is 1. The Morgan fingerprint density at radius 1 is 1.00 bits per heavy atom. The quantitative estimate of drug-likeness (QED) is 0.691. The maximum Gasteiger partial charge on any atom is 0.268 e. The Kier molecular flexibility index (Phi) is 6.64. The van der Waals surface area contributed by atoms with E-state index in [0.717, 1.165) is 23.6 Å². The number of likely N-dealkylation sites (tertiary alicyclic amines) is 1. The molecule has 29 heavy (non-hydrogen) atoms. The first-order valence-corrected chi connectivity index (χ1v) is 11.0. The number of carbonyl (C=O) groups is 1. The molecule has 0 atom stereocenters. The van der Waals surface area contributed by atoms with Crippen LogP contribution in [-0.4, -0.2) is 53.1 Å². The van der Waals surface area contributed by atoms with Gasteiger partial charge in [-0.1, -0.05) is 18.2 Å². The lowest BCUT2D eigenvalue weighted by molar-refractivity contribution is -0.130. The van der Waals surface area contributed by atoms with Crippen molar-refractivity contribution in [2.24, 2.45) is 0 Å². The monoisotopic (exact) mass is 418 g/mol. The van der Waals surface area contributed by atoms with Crippen LogP contribution in [0.15, 0.2) is 53.4 Å². The van der Waals surface area contributed by atoms with Crippen molar-refractivity contribution in [3.05, 3.63) is 48.5 Å². The van der Waals surface area contributed by atoms with Gasteiger partial charge in [-0.3, -0.25) is 9.10 Å². The first kappa shape index (κ1) is 21.0. The highest BCUT2D eigenvalue weighted by Gasteiger charge is 2.31. The van der Waals surface area contributed by atoms with E-state index in [0.29, 0.717) is 24.5 Å². The summed E-state index contributed by atoms with van der Waals surface area (Å²) in [7, 11) is -1.15. The first-order valence-electron chi connectivity index (χ1n) is 9.55. The van der Waals surface area contributed by atoms with E-state index in [9.17, 15) is 13.2 Å². The summed E-state index contributed by atoms with van der Waals surface area (Å²) in [4.78, 5) is 14.6. The number of rotatable bonds is 7. The third-order valence-corrected chi connectivity index (χ3v) is 6.78. The molecule has 2 aromatic carbocycles. The SMILES string of the molecule is COc1ccc(S(=O)(=O)N(CC(=O)N2CCCCC2)c2ccccc2)c(OC)c1. The predicted octanol–water partition coefficient (Wildman–Crippen LogP) is 2.91. The molecule has 1 fully saturated rings. The number of ether oxygens (including phenoxy) is 2. The van der Waals surface area contributed by atoms with Crippen molar-refractivity contribution in [2.45, 2.75) is 24.2 Å². The van der Waals surface area contributed by atoms with Gasteiger partial charge in [-0.15, -0.1) is 0 Å². The van der Waals surface area contributed by atoms with Crippen LogP contribution in [0.4, 0.5) is 5.69 Å². The number of piperidine rings is 1. The molecular formula is C21H26N2O5S. The summed E-state index contributed by atoms with van der Waals surface area (Å²) in [6.07, 6.45) is 2.97. The Hall–Kier alpha value is -2.74. The van der Waals surface area contributed by atoms with Crippen molar-refractivity contribution in [3.63, 3.8) is 0 Å². The minimum atomic E-state index is -4.05. The summed E-state index contributed by atoms with van der Waals surface area (Å²) in [5.41, 5.74) is 0.427. The molecule has 2 aromatic rings. The lowest BCUT2D eigenvalue weighted by atomic mass is 10.1. The molecule has 0 spiro atoms. The van der Waals surface area contributed by atoms with Crippen molar-refractivity contribution in [1.82, 2.24) is 4.90 Å². The summed E-state index contributed by atoms with van der Waals surface area (Å²) in [6, 6.07) is 13.2. The molecule has 1 amide bonds. The molecular weight excluding hydrogens is 392 g/mol. The van der Waals surface area contributed by atoms with E-state index in [4.69, 9.17) is 9.47 Å². The average molecular weight is 419 g/mol. The van der Waals surface area contributed by atoms with Crippen LogP contribution >= 0.6 is 0 Å². The molecule has 7 nitrogen and oxygen atoms in total. The predicted molar refractivity (Wildman–Crippen MR) is 111 cm³/mol. The van der Waals surface area contributed by atoms with Crippen LogP contribution in [0.3, 0.4) is 0 Å². The van der Waals surface area contributed by atoms with Gasteiger partial charge in [-0.05, 0) is 43.5 Å². The summed E-state index contributed by atoms with van der Waals surface area (Å²) >= 11 is 0. The number of nitrogens with zero attached hydrogens (tertiary/aromatic N) is 2. The van der Waals surface area contributed by atoms with E-state index in [-0.39, 0.29) is 23.1 Å². The highest BCUT2D eigenvalue weighted by molar-refractivity contribution is 7.93. The van der Waals surface area contributed by atoms with Crippen LogP contribution in [0, 0.1) is 0 Å². The van der Waals surface area contributed by atoms with Crippen LogP contribution in [-0.2, 0) is 14.8 Å². The molecule has 156 valence electrons. The lowest BCUT2D eigenvalue weighted by Gasteiger charge is -2.30. The van der Waals surface area contributed by atoms with Crippen molar-refractivity contribution in [2.75, 3.05) is 38.2 Å². The summed E-state index contributed by atoms with van der Waals surface area (Å²) in [5.74, 6) is 0.441. The van der Waals surface area contributed by atoms with Crippen LogP contribution in [0.1, 0.15) is 19.3 Å². The smallest absolute Gasteiger partial charge is 0.268 e. The molecule has 0 bridgehead atoms. The van der Waals surface area contributed by atoms with Gasteiger partial charge in [-0.2, -0.15) is 0 Å². The molecule has 0 radical (unpaired) electrons. The molecule has 1 aliphatic rings. The Morgan fingerprint density at radius 3 is 2.31 bits per heavy atom. The molecule has 0 saturated carbocycles. The zero-order valence-corrected chi connectivity index (χ0v) is 17.5. The van der Waals surface area contributed by atoms with Crippen molar-refractivity contribution >= 4 is 21.6 Å². The van der Waals surface area contributed by atoms with E-state index < -0.39 is 10.0 Å². The fraction of sp³-hybridized carbons (Fsp3) is 0.381. The Bertz CT molecular complexity index is 941. The zero-order valence-electron chi connectivity index (χ0n) is 16.7. The highest BCUT2D eigenvalue weighted by atomic mass is 32.2. The summed E-state index contributed by atoms with van der Waals surface area (Å²) in [6.45, 7) is 1.06. The second kappa shape index (κ2) is 9.17. The van der Waals surface area contributed by atoms with Gasteiger partial charge in [0.05, 0.1) is 19.9 Å². The molecule has 1 saturated heterocycles. The number of amides is 1. The minimum Gasteiger partial charge on any atom is -0.497 e. The van der Waals surface area contributed by atoms with Gasteiger partial charge in [0.2, 0.25) is 5.91 Å². The zero-order chi connectivity index (χ0) is 20.9. The summed E-state index contributed by atoms with van der Waals surface area (Å²) in [5, 5.41) is 0. The van der Waals surface area contributed by atoms with E-state index in [2.05, 4.69) is 0 Å². The molecule has 1 aliphatic heterocycles. The number of anilines is 1. The Labute approximate surface area is 171 Å². The van der Waals surface area contributed by atoms with E-state index in [1.54, 1.807) is 41.3 Å². The standard InChI is InChI=1S/C21H26N2O5S/c1-27-18-11-12-20(19(15-18)28-2)29(25,26)23(17-9-5-3-6-10-17)16-21(24)22-13-7-4-8-14-22/h3,5-6,9-12,15H,4,7-8,13-14,16H2,1-2H3. The van der Waals surface area contributed by atoms with Crippen LogP contribution < -0.4 is 13.8 Å². The van der Waals surface area contributed by atoms with Gasteiger partial charge in [0.25, 0.3) is 10.0 Å². The fourth-order valence-electron chi connectivity index (χ4n) is 3.38. The Morgan fingerprint density at radius 2 is 1.69 bits per heavy atom. The van der Waals surface area contributed by atoms with Crippen LogP contribution in [0.2, 0.25) is 0 Å². The van der Waals surface area contributed by atoms with Gasteiger partial charge >= 0.3 is 0 Å². The van der Waals surface area contributed by atoms with Gasteiger partial charge in [0, 0.05) is 19.2 Å². The average Bonchev–Trinajstić information content (AvgIpc) is 2.77. The van der Waals surface area contributed by atoms with E-state index >= 15 is 0 Å². The van der Waals surface area contributed by atoms with Crippen molar-refractivity contribution in [1.29, 1.82) is 0 Å². The van der Waals surface area contributed by atoms with Gasteiger partial charge in [0.15, 0.2) is 0 Å². The minimum absolute atomic E-state index is 0.0175. The third-order valence-electron chi connectivity index (χ3n) is 4.97. The maximum atomic E-state index is 13.6. The summed E-state index contributed by atoms with van der Waals surface area (Å²) < 4.78 is 38.7. The third kappa shape index (κ3) is 4.64. The fourth-order valence-corrected chi connectivity index (χ4v) is 4.94. The molecule has 1 heterocycles. The van der Waals surface area contributed by atoms with E-state index in [1.807, 2.05) is 0 Å². The van der Waals surface area contributed by atoms with Crippen molar-refractivity contribution < 1.29 is 22.7 Å². The largest absolute Gasteiger partial charge is 0.497 e. The number of sulfonamides is 1. The second-order valence-electron chi connectivity index (χ2n) is 6.81. The highest BCUT2D eigenvalue weighted by Crippen LogP contribution is 2.33. The maximum absolute atomic E-state index is 13.6. The molecule has 3 rings (SSSR count). The Balaban J connectivity index is 2.00. The molecule has 8 heteroatoms. The van der Waals surface area contributed by atoms with Gasteiger partial charge in [0.1, 0.15) is 22.9 Å². The lowest BCUT2D eigenvalue weighted by Crippen LogP contribution is -2.44. The number of para-hydroxylation sites is 1. The topological polar surface area (TPSA) is 76.2 Å². The first-order chi connectivity index (χ1) is 14.0. The molecule has 0 N–H and O–H groups in total. The normalized spacial score (nSPS) is 14.3.